The Bertz CT molecular complexity index is 657. The first-order chi connectivity index (χ1) is 9.63. The summed E-state index contributed by atoms with van der Waals surface area (Å²) in [5, 5.41) is 17.3. The molecule has 7 heteroatoms. The number of non-ortho nitro benzene ring substituents is 1. The highest BCUT2D eigenvalue weighted by atomic mass is 16.6. The molecule has 0 aliphatic carbocycles. The van der Waals surface area contributed by atoms with E-state index in [1.165, 1.54) is 12.3 Å². The Morgan fingerprint density at radius 3 is 2.90 bits per heavy atom. The van der Waals surface area contributed by atoms with Crippen molar-refractivity contribution in [3.05, 3.63) is 40.6 Å². The van der Waals surface area contributed by atoms with E-state index in [4.69, 9.17) is 0 Å². The van der Waals surface area contributed by atoms with Gasteiger partial charge >= 0.3 is 0 Å². The molecule has 0 saturated carbocycles. The van der Waals surface area contributed by atoms with E-state index in [0.29, 0.717) is 23.9 Å². The van der Waals surface area contributed by atoms with Crippen molar-refractivity contribution in [1.29, 1.82) is 0 Å². The Morgan fingerprint density at radius 2 is 2.20 bits per heavy atom. The van der Waals surface area contributed by atoms with Crippen LogP contribution in [-0.4, -0.2) is 29.4 Å². The van der Waals surface area contributed by atoms with Crippen molar-refractivity contribution < 1.29 is 9.72 Å². The quantitative estimate of drug-likeness (QED) is 0.638. The lowest BCUT2D eigenvalue weighted by Crippen LogP contribution is -2.20. The van der Waals surface area contributed by atoms with Crippen molar-refractivity contribution in [3.63, 3.8) is 0 Å². The van der Waals surface area contributed by atoms with Crippen LogP contribution in [0.1, 0.15) is 6.42 Å². The number of nitrogens with one attached hydrogen (secondary N) is 2. The van der Waals surface area contributed by atoms with E-state index in [2.05, 4.69) is 15.6 Å². The Morgan fingerprint density at radius 1 is 1.40 bits per heavy atom. The van der Waals surface area contributed by atoms with E-state index in [1.54, 1.807) is 25.2 Å². The SMILES string of the molecule is CNC(=O)CCNc1ccc([N+](=O)[O-])c2ncccc12. The summed E-state index contributed by atoms with van der Waals surface area (Å²) in [7, 11) is 1.58. The fraction of sp³-hybridized carbons (Fsp3) is 0.231. The van der Waals surface area contributed by atoms with Crippen molar-refractivity contribution >= 4 is 28.2 Å². The van der Waals surface area contributed by atoms with Gasteiger partial charge < -0.3 is 10.6 Å². The number of amides is 1. The Labute approximate surface area is 115 Å². The molecule has 104 valence electrons. The molecule has 1 aromatic heterocycles. The Kier molecular flexibility index (Phi) is 4.09. The molecule has 2 aromatic rings. The first kappa shape index (κ1) is 13.7. The molecule has 0 aliphatic heterocycles. The molecule has 1 aromatic carbocycles. The fourth-order valence-corrected chi connectivity index (χ4v) is 1.89. The van der Waals surface area contributed by atoms with Gasteiger partial charge in [-0.1, -0.05) is 0 Å². The lowest BCUT2D eigenvalue weighted by molar-refractivity contribution is -0.383. The average Bonchev–Trinajstić information content (AvgIpc) is 2.46. The summed E-state index contributed by atoms with van der Waals surface area (Å²) in [5.74, 6) is -0.0677. The minimum Gasteiger partial charge on any atom is -0.384 e. The molecule has 20 heavy (non-hydrogen) atoms. The molecule has 0 spiro atoms. The molecule has 0 saturated heterocycles. The molecular weight excluding hydrogens is 260 g/mol. The minimum absolute atomic E-state index is 0.0301. The zero-order valence-electron chi connectivity index (χ0n) is 10.9. The first-order valence-electron chi connectivity index (χ1n) is 6.10. The smallest absolute Gasteiger partial charge is 0.295 e. The maximum atomic E-state index is 11.2. The molecule has 1 heterocycles. The number of anilines is 1. The molecule has 7 nitrogen and oxygen atoms in total. The van der Waals surface area contributed by atoms with Gasteiger partial charge in [-0.3, -0.25) is 14.9 Å². The number of hydrogen-bond acceptors (Lipinski definition) is 5. The van der Waals surface area contributed by atoms with Crippen LogP contribution in [0.4, 0.5) is 11.4 Å². The fourth-order valence-electron chi connectivity index (χ4n) is 1.89. The largest absolute Gasteiger partial charge is 0.384 e. The summed E-state index contributed by atoms with van der Waals surface area (Å²) in [6, 6.07) is 6.52. The van der Waals surface area contributed by atoms with Gasteiger partial charge in [-0.05, 0) is 18.2 Å². The summed E-state index contributed by atoms with van der Waals surface area (Å²) in [6.45, 7) is 0.446. The first-order valence-corrected chi connectivity index (χ1v) is 6.10. The molecule has 1 amide bonds. The van der Waals surface area contributed by atoms with Crippen LogP contribution in [0, 0.1) is 10.1 Å². The lowest BCUT2D eigenvalue weighted by atomic mass is 10.1. The van der Waals surface area contributed by atoms with E-state index in [1.807, 2.05) is 0 Å². The predicted octanol–water partition coefficient (Wildman–Crippen LogP) is 1.69. The summed E-state index contributed by atoms with van der Waals surface area (Å²) in [4.78, 5) is 25.7. The second-order valence-electron chi connectivity index (χ2n) is 4.14. The number of aromatic nitrogens is 1. The van der Waals surface area contributed by atoms with Crippen molar-refractivity contribution in [2.24, 2.45) is 0 Å². The van der Waals surface area contributed by atoms with E-state index >= 15 is 0 Å². The Balaban J connectivity index is 2.29. The molecule has 0 bridgehead atoms. The van der Waals surface area contributed by atoms with Crippen molar-refractivity contribution in [2.75, 3.05) is 18.9 Å². The van der Waals surface area contributed by atoms with Gasteiger partial charge in [0.05, 0.1) is 4.92 Å². The summed E-state index contributed by atoms with van der Waals surface area (Å²) in [5.41, 5.74) is 1.03. The van der Waals surface area contributed by atoms with Crippen LogP contribution in [0.25, 0.3) is 10.9 Å². The highest BCUT2D eigenvalue weighted by Gasteiger charge is 2.15. The molecule has 0 fully saturated rings. The number of carbonyl (C=O) groups excluding carboxylic acids is 1. The Hall–Kier alpha value is -2.70. The molecule has 2 N–H and O–H groups in total. The number of nitro groups is 1. The summed E-state index contributed by atoms with van der Waals surface area (Å²) in [6.07, 6.45) is 1.85. The molecule has 0 unspecified atom stereocenters. The van der Waals surface area contributed by atoms with Crippen LogP contribution in [-0.2, 0) is 4.79 Å². The summed E-state index contributed by atoms with van der Waals surface area (Å²) >= 11 is 0. The van der Waals surface area contributed by atoms with E-state index < -0.39 is 4.92 Å². The highest BCUT2D eigenvalue weighted by Crippen LogP contribution is 2.29. The molecule has 0 aliphatic rings. The lowest BCUT2D eigenvalue weighted by Gasteiger charge is -2.09. The third-order valence-electron chi connectivity index (χ3n) is 2.89. The van der Waals surface area contributed by atoms with Gasteiger partial charge in [0.15, 0.2) is 0 Å². The minimum atomic E-state index is -0.455. The zero-order valence-corrected chi connectivity index (χ0v) is 10.9. The predicted molar refractivity (Wildman–Crippen MR) is 75.6 cm³/mol. The van der Waals surface area contributed by atoms with Crippen LogP contribution >= 0.6 is 0 Å². The van der Waals surface area contributed by atoms with Crippen LogP contribution in [0.5, 0.6) is 0 Å². The van der Waals surface area contributed by atoms with Gasteiger partial charge in [0, 0.05) is 43.4 Å². The van der Waals surface area contributed by atoms with E-state index in [-0.39, 0.29) is 11.6 Å². The number of benzene rings is 1. The van der Waals surface area contributed by atoms with E-state index in [9.17, 15) is 14.9 Å². The standard InChI is InChI=1S/C13H14N4O3/c1-14-12(18)6-8-15-10-4-5-11(17(19)20)13-9(10)3-2-7-16-13/h2-5,7,15H,6,8H2,1H3,(H,14,18). The number of hydrogen-bond donors (Lipinski definition) is 2. The van der Waals surface area contributed by atoms with Crippen molar-refractivity contribution in [3.8, 4) is 0 Å². The number of nitrogens with zero attached hydrogens (tertiary/aromatic N) is 2. The van der Waals surface area contributed by atoms with Crippen molar-refractivity contribution in [1.82, 2.24) is 10.3 Å². The van der Waals surface area contributed by atoms with Gasteiger partial charge in [-0.2, -0.15) is 0 Å². The number of carbonyl (C=O) groups is 1. The van der Waals surface area contributed by atoms with Crippen molar-refractivity contribution in [2.45, 2.75) is 6.42 Å². The zero-order chi connectivity index (χ0) is 14.5. The van der Waals surface area contributed by atoms with Gasteiger partial charge in [0.1, 0.15) is 5.52 Å². The van der Waals surface area contributed by atoms with Crippen LogP contribution < -0.4 is 10.6 Å². The third-order valence-corrected chi connectivity index (χ3v) is 2.89. The average molecular weight is 274 g/mol. The second kappa shape index (κ2) is 5.96. The van der Waals surface area contributed by atoms with Gasteiger partial charge in [0.25, 0.3) is 5.69 Å². The van der Waals surface area contributed by atoms with E-state index in [0.717, 1.165) is 5.69 Å². The maximum Gasteiger partial charge on any atom is 0.295 e. The third kappa shape index (κ3) is 2.82. The second-order valence-corrected chi connectivity index (χ2v) is 4.14. The molecule has 0 radical (unpaired) electrons. The number of fused-ring (bicyclic) bond motifs is 1. The molecule has 0 atom stereocenters. The molecule has 2 rings (SSSR count). The highest BCUT2D eigenvalue weighted by molar-refractivity contribution is 5.97. The van der Waals surface area contributed by atoms with Gasteiger partial charge in [-0.25, -0.2) is 4.98 Å². The van der Waals surface area contributed by atoms with Crippen LogP contribution in [0.2, 0.25) is 0 Å². The monoisotopic (exact) mass is 274 g/mol. The van der Waals surface area contributed by atoms with Crippen LogP contribution in [0.15, 0.2) is 30.5 Å². The normalized spacial score (nSPS) is 10.2. The van der Waals surface area contributed by atoms with Crippen LogP contribution in [0.3, 0.4) is 0 Å². The number of pyridine rings is 1. The topological polar surface area (TPSA) is 97.2 Å². The number of nitro benzene ring substituents is 1. The van der Waals surface area contributed by atoms with Gasteiger partial charge in [-0.15, -0.1) is 0 Å². The summed E-state index contributed by atoms with van der Waals surface area (Å²) < 4.78 is 0. The molecular formula is C13H14N4O3. The van der Waals surface area contributed by atoms with Gasteiger partial charge in [0.2, 0.25) is 5.91 Å². The number of rotatable bonds is 5. The maximum absolute atomic E-state index is 11.2.